The number of fused-ring (bicyclic) bond motifs is 2. The second kappa shape index (κ2) is 10.1. The van der Waals surface area contributed by atoms with Crippen molar-refractivity contribution in [3.8, 4) is 0 Å². The Balaban J connectivity index is 1.29. The normalized spacial score (nSPS) is 22.5. The Hall–Kier alpha value is -3.02. The number of hydrogen-bond acceptors (Lipinski definition) is 2. The van der Waals surface area contributed by atoms with Gasteiger partial charge in [-0.1, -0.05) is 55.7 Å². The lowest BCUT2D eigenvalue weighted by Gasteiger charge is -2.44. The van der Waals surface area contributed by atoms with Crippen molar-refractivity contribution in [2.75, 3.05) is 31.6 Å². The molecule has 2 aliphatic heterocycles. The van der Waals surface area contributed by atoms with E-state index in [2.05, 4.69) is 4.90 Å². The monoisotopic (exact) mass is 460 g/mol. The van der Waals surface area contributed by atoms with Crippen LogP contribution in [0, 0.1) is 5.92 Å². The number of carbonyl (C=O) groups excluding carboxylic acids is 2. The molecule has 2 heterocycles. The maximum Gasteiger partial charge on any atom is 0.329 e. The SMILES string of the molecule is CN(CC1CCCCC1)C(=O)N1[C@@H]2CC[C@H]1CN(C(=O)N(c1ccccc1)c1ccccc1)C2. The summed E-state index contributed by atoms with van der Waals surface area (Å²) < 4.78 is 0. The summed E-state index contributed by atoms with van der Waals surface area (Å²) in [5.41, 5.74) is 1.72. The number of benzene rings is 2. The number of anilines is 2. The van der Waals surface area contributed by atoms with Crippen molar-refractivity contribution in [3.05, 3.63) is 60.7 Å². The lowest BCUT2D eigenvalue weighted by Crippen LogP contribution is -2.61. The molecule has 3 fully saturated rings. The second-order valence-electron chi connectivity index (χ2n) is 10.2. The maximum atomic E-state index is 13.8. The van der Waals surface area contributed by atoms with Crippen LogP contribution in [0.3, 0.4) is 0 Å². The van der Waals surface area contributed by atoms with Crippen LogP contribution >= 0.6 is 0 Å². The predicted octanol–water partition coefficient (Wildman–Crippen LogP) is 5.73. The van der Waals surface area contributed by atoms with Crippen molar-refractivity contribution in [3.63, 3.8) is 0 Å². The Morgan fingerprint density at radius 1 is 0.765 bits per heavy atom. The molecule has 2 saturated heterocycles. The summed E-state index contributed by atoms with van der Waals surface area (Å²) >= 11 is 0. The molecule has 2 aromatic carbocycles. The van der Waals surface area contributed by atoms with Gasteiger partial charge in [0, 0.05) is 26.7 Å². The minimum absolute atomic E-state index is 0.0167. The molecule has 0 radical (unpaired) electrons. The highest BCUT2D eigenvalue weighted by atomic mass is 16.2. The van der Waals surface area contributed by atoms with Gasteiger partial charge in [0.15, 0.2) is 0 Å². The molecular weight excluding hydrogens is 424 g/mol. The van der Waals surface area contributed by atoms with Crippen LogP contribution in [0.15, 0.2) is 60.7 Å². The van der Waals surface area contributed by atoms with Gasteiger partial charge in [-0.2, -0.15) is 0 Å². The Kier molecular flexibility index (Phi) is 6.75. The molecule has 0 aromatic heterocycles. The summed E-state index contributed by atoms with van der Waals surface area (Å²) in [5, 5.41) is 0. The topological polar surface area (TPSA) is 47.1 Å². The van der Waals surface area contributed by atoms with Gasteiger partial charge in [-0.05, 0) is 55.9 Å². The Morgan fingerprint density at radius 3 is 1.82 bits per heavy atom. The van der Waals surface area contributed by atoms with E-state index >= 15 is 0 Å². The van der Waals surface area contributed by atoms with Crippen molar-refractivity contribution >= 4 is 23.4 Å². The zero-order chi connectivity index (χ0) is 23.5. The van der Waals surface area contributed by atoms with E-state index in [9.17, 15) is 9.59 Å². The molecule has 6 nitrogen and oxygen atoms in total. The van der Waals surface area contributed by atoms with Gasteiger partial charge in [0.25, 0.3) is 0 Å². The van der Waals surface area contributed by atoms with E-state index in [0.717, 1.165) is 30.8 Å². The molecule has 3 aliphatic rings. The first-order chi connectivity index (χ1) is 16.6. The third-order valence-corrected chi connectivity index (χ3v) is 7.78. The van der Waals surface area contributed by atoms with Crippen LogP contribution in [0.1, 0.15) is 44.9 Å². The van der Waals surface area contributed by atoms with Crippen LogP contribution in [-0.4, -0.2) is 65.5 Å². The van der Waals surface area contributed by atoms with Crippen LogP contribution < -0.4 is 4.90 Å². The van der Waals surface area contributed by atoms with Crippen LogP contribution in [0.2, 0.25) is 0 Å². The van der Waals surface area contributed by atoms with Crippen LogP contribution in [-0.2, 0) is 0 Å². The second-order valence-corrected chi connectivity index (χ2v) is 10.2. The molecule has 0 N–H and O–H groups in total. The lowest BCUT2D eigenvalue weighted by molar-refractivity contribution is 0.0825. The smallest absolute Gasteiger partial charge is 0.327 e. The van der Waals surface area contributed by atoms with Gasteiger partial charge in [-0.3, -0.25) is 4.90 Å². The minimum atomic E-state index is -0.0167. The Labute approximate surface area is 203 Å². The van der Waals surface area contributed by atoms with Crippen molar-refractivity contribution in [2.24, 2.45) is 5.92 Å². The number of urea groups is 2. The average Bonchev–Trinajstić information content (AvgIpc) is 3.14. The average molecular weight is 461 g/mol. The van der Waals surface area contributed by atoms with Crippen LogP contribution in [0.4, 0.5) is 21.0 Å². The number of likely N-dealkylation sites (tertiary alicyclic amines) is 1. The fourth-order valence-corrected chi connectivity index (χ4v) is 6.07. The molecule has 34 heavy (non-hydrogen) atoms. The summed E-state index contributed by atoms with van der Waals surface area (Å²) in [6, 6.07) is 20.0. The predicted molar refractivity (Wildman–Crippen MR) is 135 cm³/mol. The van der Waals surface area contributed by atoms with E-state index < -0.39 is 0 Å². The maximum absolute atomic E-state index is 13.8. The molecule has 6 heteroatoms. The molecule has 0 spiro atoms. The molecule has 4 amide bonds. The number of amides is 4. The first kappa shape index (κ1) is 22.8. The van der Waals surface area contributed by atoms with Gasteiger partial charge in [0.1, 0.15) is 0 Å². The molecule has 5 rings (SSSR count). The molecule has 2 bridgehead atoms. The summed E-state index contributed by atoms with van der Waals surface area (Å²) in [5.74, 6) is 0.633. The summed E-state index contributed by atoms with van der Waals surface area (Å²) in [7, 11) is 1.96. The number of piperazine rings is 1. The largest absolute Gasteiger partial charge is 0.329 e. The number of para-hydroxylation sites is 2. The number of carbonyl (C=O) groups is 2. The third kappa shape index (κ3) is 4.63. The number of nitrogens with zero attached hydrogens (tertiary/aromatic N) is 4. The van der Waals surface area contributed by atoms with Crippen molar-refractivity contribution in [1.29, 1.82) is 0 Å². The van der Waals surface area contributed by atoms with Gasteiger partial charge in [-0.15, -0.1) is 0 Å². The van der Waals surface area contributed by atoms with Crippen LogP contribution in [0.5, 0.6) is 0 Å². The third-order valence-electron chi connectivity index (χ3n) is 7.78. The van der Waals surface area contributed by atoms with E-state index in [4.69, 9.17) is 0 Å². The summed E-state index contributed by atoms with van der Waals surface area (Å²) in [4.78, 5) is 35.0. The summed E-state index contributed by atoms with van der Waals surface area (Å²) in [6.45, 7) is 2.04. The van der Waals surface area contributed by atoms with E-state index in [1.165, 1.54) is 32.1 Å². The van der Waals surface area contributed by atoms with Crippen molar-refractivity contribution in [1.82, 2.24) is 14.7 Å². The van der Waals surface area contributed by atoms with Gasteiger partial charge in [-0.25, -0.2) is 9.59 Å². The summed E-state index contributed by atoms with van der Waals surface area (Å²) in [6.07, 6.45) is 8.32. The first-order valence-corrected chi connectivity index (χ1v) is 12.8. The molecule has 2 atom stereocenters. The fourth-order valence-electron chi connectivity index (χ4n) is 6.07. The highest BCUT2D eigenvalue weighted by Crippen LogP contribution is 2.34. The molecule has 2 aromatic rings. The highest BCUT2D eigenvalue weighted by Gasteiger charge is 2.45. The zero-order valence-corrected chi connectivity index (χ0v) is 20.2. The van der Waals surface area contributed by atoms with Crippen molar-refractivity contribution < 1.29 is 9.59 Å². The van der Waals surface area contributed by atoms with Gasteiger partial charge < -0.3 is 14.7 Å². The molecule has 180 valence electrons. The fraction of sp³-hybridized carbons (Fsp3) is 0.500. The van der Waals surface area contributed by atoms with Gasteiger partial charge >= 0.3 is 12.1 Å². The zero-order valence-electron chi connectivity index (χ0n) is 20.2. The van der Waals surface area contributed by atoms with Crippen LogP contribution in [0.25, 0.3) is 0 Å². The molecule has 1 saturated carbocycles. The molecule has 0 unspecified atom stereocenters. The van der Waals surface area contributed by atoms with E-state index in [1.807, 2.05) is 77.5 Å². The number of hydrogen-bond donors (Lipinski definition) is 0. The number of rotatable bonds is 4. The molecule has 1 aliphatic carbocycles. The lowest BCUT2D eigenvalue weighted by atomic mass is 9.89. The molecular formula is C28H36N4O2. The minimum Gasteiger partial charge on any atom is -0.327 e. The standard InChI is InChI=1S/C28H36N4O2/c1-29(19-22-11-5-2-6-12-22)27(33)32-25-17-18-26(32)21-30(20-25)28(34)31(23-13-7-3-8-14-23)24-15-9-4-10-16-24/h3-4,7-10,13-16,22,25-26H,2,5-6,11-12,17-21H2,1H3/t25-,26+. The van der Waals surface area contributed by atoms with E-state index in [1.54, 1.807) is 4.90 Å². The quantitative estimate of drug-likeness (QED) is 0.585. The van der Waals surface area contributed by atoms with Gasteiger partial charge in [0.2, 0.25) is 0 Å². The Bertz CT molecular complexity index is 923. The first-order valence-electron chi connectivity index (χ1n) is 12.8. The highest BCUT2D eigenvalue weighted by molar-refractivity contribution is 5.99. The van der Waals surface area contributed by atoms with E-state index in [0.29, 0.717) is 19.0 Å². The van der Waals surface area contributed by atoms with E-state index in [-0.39, 0.29) is 24.1 Å². The Morgan fingerprint density at radius 2 is 1.29 bits per heavy atom. The van der Waals surface area contributed by atoms with Gasteiger partial charge in [0.05, 0.1) is 23.5 Å². The van der Waals surface area contributed by atoms with Crippen molar-refractivity contribution in [2.45, 2.75) is 57.0 Å².